The van der Waals surface area contributed by atoms with E-state index in [9.17, 15) is 24.5 Å². The largest absolute Gasteiger partial charge is 0.332 e. The number of thioether (sulfide) groups is 1. The number of carbonyl (C=O) groups is 2. The van der Waals surface area contributed by atoms with Crippen LogP contribution < -0.4 is 4.90 Å². The molecule has 0 saturated carbocycles. The molecular formula is C24H18FN7O2S. The average Bonchev–Trinajstić information content (AvgIpc) is 3.45. The lowest BCUT2D eigenvalue weighted by Gasteiger charge is -2.40. The highest BCUT2D eigenvalue weighted by Crippen LogP contribution is 2.46. The number of aryl methyl sites for hydroxylation is 2. The van der Waals surface area contributed by atoms with Crippen LogP contribution in [0.25, 0.3) is 15.8 Å². The fraction of sp³-hybridized carbons (Fsp3) is 0.250. The molecule has 35 heavy (non-hydrogen) atoms. The Balaban J connectivity index is 1.61. The first-order valence-corrected chi connectivity index (χ1v) is 11.6. The molecule has 4 heterocycles. The molecule has 0 radical (unpaired) electrons. The quantitative estimate of drug-likeness (QED) is 0.553. The maximum Gasteiger partial charge on any atom is 0.332 e. The predicted octanol–water partition coefficient (Wildman–Crippen LogP) is 3.49. The number of amides is 3. The van der Waals surface area contributed by atoms with Crippen LogP contribution >= 0.6 is 11.8 Å². The number of halogens is 1. The van der Waals surface area contributed by atoms with Crippen LogP contribution in [-0.2, 0) is 11.8 Å². The summed E-state index contributed by atoms with van der Waals surface area (Å²) in [6.45, 7) is 1.68. The Bertz CT molecular complexity index is 1520. The Hall–Kier alpha value is -4.22. The molecule has 0 aliphatic carbocycles. The first kappa shape index (κ1) is 22.6. The monoisotopic (exact) mass is 487 g/mol. The Morgan fingerprint density at radius 1 is 1.20 bits per heavy atom. The number of carbonyl (C=O) groups excluding carboxylic acids is 2. The molecule has 2 unspecified atom stereocenters. The number of anilines is 1. The van der Waals surface area contributed by atoms with E-state index in [4.69, 9.17) is 0 Å². The van der Waals surface area contributed by atoms with Gasteiger partial charge in [-0.2, -0.15) is 15.6 Å². The van der Waals surface area contributed by atoms with Crippen LogP contribution in [0.1, 0.15) is 23.1 Å². The van der Waals surface area contributed by atoms with E-state index in [1.54, 1.807) is 37.1 Å². The number of aromatic nitrogens is 3. The zero-order chi connectivity index (χ0) is 24.9. The van der Waals surface area contributed by atoms with Crippen molar-refractivity contribution in [2.45, 2.75) is 24.6 Å². The smallest absolute Gasteiger partial charge is 0.315 e. The van der Waals surface area contributed by atoms with E-state index in [-0.39, 0.29) is 18.5 Å². The second-order valence-corrected chi connectivity index (χ2v) is 9.42. The SMILES string of the molecule is Cc1cc(C#N)c(C2=CC3C(S2)C(=O)N(c2cncc4cnn(C)c24)C(=O)N3CCC#N)cc1F. The molecule has 0 bridgehead atoms. The minimum atomic E-state index is -0.735. The number of rotatable bonds is 4. The van der Waals surface area contributed by atoms with Gasteiger partial charge in [0.15, 0.2) is 0 Å². The third kappa shape index (κ3) is 3.52. The molecule has 174 valence electrons. The topological polar surface area (TPSA) is 119 Å². The lowest BCUT2D eigenvalue weighted by atomic mass is 10.0. The lowest BCUT2D eigenvalue weighted by molar-refractivity contribution is -0.119. The number of nitrogens with zero attached hydrogens (tertiary/aromatic N) is 7. The predicted molar refractivity (Wildman–Crippen MR) is 127 cm³/mol. The van der Waals surface area contributed by atoms with E-state index < -0.39 is 29.0 Å². The number of imide groups is 1. The molecule has 3 aromatic rings. The van der Waals surface area contributed by atoms with Gasteiger partial charge in [-0.15, -0.1) is 11.8 Å². The molecule has 2 aromatic heterocycles. The van der Waals surface area contributed by atoms with Crippen molar-refractivity contribution < 1.29 is 14.0 Å². The van der Waals surface area contributed by atoms with Gasteiger partial charge < -0.3 is 4.90 Å². The van der Waals surface area contributed by atoms with Crippen LogP contribution in [0, 0.1) is 35.4 Å². The fourth-order valence-electron chi connectivity index (χ4n) is 4.46. The van der Waals surface area contributed by atoms with Crippen LogP contribution in [0.2, 0.25) is 0 Å². The van der Waals surface area contributed by atoms with E-state index in [1.165, 1.54) is 35.0 Å². The molecule has 0 N–H and O–H groups in total. The molecule has 2 atom stereocenters. The van der Waals surface area contributed by atoms with Gasteiger partial charge in [0.2, 0.25) is 0 Å². The van der Waals surface area contributed by atoms with Gasteiger partial charge in [-0.3, -0.25) is 14.5 Å². The summed E-state index contributed by atoms with van der Waals surface area (Å²) in [7, 11) is 1.71. The number of pyridine rings is 1. The van der Waals surface area contributed by atoms with Gasteiger partial charge in [-0.05, 0) is 30.7 Å². The maximum atomic E-state index is 14.4. The molecule has 9 nitrogen and oxygen atoms in total. The van der Waals surface area contributed by atoms with Gasteiger partial charge in [0.1, 0.15) is 11.1 Å². The Morgan fingerprint density at radius 3 is 2.74 bits per heavy atom. The van der Waals surface area contributed by atoms with Gasteiger partial charge in [0, 0.05) is 35.6 Å². The van der Waals surface area contributed by atoms with E-state index in [0.29, 0.717) is 32.6 Å². The van der Waals surface area contributed by atoms with Gasteiger partial charge in [-0.25, -0.2) is 14.1 Å². The summed E-state index contributed by atoms with van der Waals surface area (Å²) in [6.07, 6.45) is 6.43. The van der Waals surface area contributed by atoms with Crippen molar-refractivity contribution >= 4 is 45.2 Å². The number of hydrogen-bond donors (Lipinski definition) is 0. The zero-order valence-electron chi connectivity index (χ0n) is 18.8. The number of fused-ring (bicyclic) bond motifs is 2. The number of urea groups is 1. The molecule has 1 aromatic carbocycles. The van der Waals surface area contributed by atoms with Gasteiger partial charge in [0.05, 0.1) is 53.8 Å². The van der Waals surface area contributed by atoms with Crippen molar-refractivity contribution in [1.29, 1.82) is 10.5 Å². The molecule has 3 amide bonds. The van der Waals surface area contributed by atoms with E-state index in [0.717, 1.165) is 4.90 Å². The molecule has 11 heteroatoms. The summed E-state index contributed by atoms with van der Waals surface area (Å²) in [5.74, 6) is -0.916. The van der Waals surface area contributed by atoms with Gasteiger partial charge in [0.25, 0.3) is 5.91 Å². The van der Waals surface area contributed by atoms with Crippen molar-refractivity contribution in [3.05, 3.63) is 59.3 Å². The van der Waals surface area contributed by atoms with Crippen LogP contribution in [0.15, 0.2) is 36.8 Å². The first-order valence-electron chi connectivity index (χ1n) is 10.7. The van der Waals surface area contributed by atoms with E-state index in [1.807, 2.05) is 6.07 Å². The van der Waals surface area contributed by atoms with E-state index in [2.05, 4.69) is 16.2 Å². The second kappa shape index (κ2) is 8.53. The maximum absolute atomic E-state index is 14.4. The van der Waals surface area contributed by atoms with Crippen molar-refractivity contribution in [2.75, 3.05) is 11.4 Å². The van der Waals surface area contributed by atoms with Crippen molar-refractivity contribution in [1.82, 2.24) is 19.7 Å². The van der Waals surface area contributed by atoms with Crippen LogP contribution in [0.3, 0.4) is 0 Å². The Morgan fingerprint density at radius 2 is 2.00 bits per heavy atom. The number of hydrogen-bond acceptors (Lipinski definition) is 7. The van der Waals surface area contributed by atoms with Crippen LogP contribution in [0.4, 0.5) is 14.9 Å². The molecule has 1 saturated heterocycles. The third-order valence-corrected chi connectivity index (χ3v) is 7.50. The minimum Gasteiger partial charge on any atom is -0.315 e. The Labute approximate surface area is 204 Å². The number of benzene rings is 1. The lowest BCUT2D eigenvalue weighted by Crippen LogP contribution is -2.62. The molecule has 1 fully saturated rings. The second-order valence-electron chi connectivity index (χ2n) is 8.24. The summed E-state index contributed by atoms with van der Waals surface area (Å²) in [6, 6.07) is 5.67. The number of nitriles is 2. The van der Waals surface area contributed by atoms with Crippen LogP contribution in [-0.4, -0.2) is 49.4 Å². The van der Waals surface area contributed by atoms with Gasteiger partial charge in [-0.1, -0.05) is 0 Å². The van der Waals surface area contributed by atoms with Crippen molar-refractivity contribution in [2.24, 2.45) is 7.05 Å². The minimum absolute atomic E-state index is 0.0710. The highest BCUT2D eigenvalue weighted by molar-refractivity contribution is 8.09. The fourth-order valence-corrected chi connectivity index (χ4v) is 5.82. The average molecular weight is 488 g/mol. The zero-order valence-corrected chi connectivity index (χ0v) is 19.6. The molecular weight excluding hydrogens is 469 g/mol. The van der Waals surface area contributed by atoms with Crippen LogP contribution in [0.5, 0.6) is 0 Å². The molecule has 5 rings (SSSR count). The summed E-state index contributed by atoms with van der Waals surface area (Å²) in [4.78, 5) is 34.6. The first-order chi connectivity index (χ1) is 16.8. The van der Waals surface area contributed by atoms with E-state index >= 15 is 0 Å². The molecule has 2 aliphatic heterocycles. The van der Waals surface area contributed by atoms with Crippen molar-refractivity contribution in [3.8, 4) is 12.1 Å². The summed E-state index contributed by atoms with van der Waals surface area (Å²) in [5.41, 5.74) is 1.87. The Kier molecular flexibility index (Phi) is 5.50. The molecule has 2 aliphatic rings. The molecule has 0 spiro atoms. The normalized spacial score (nSPS) is 19.5. The summed E-state index contributed by atoms with van der Waals surface area (Å²) >= 11 is 1.18. The summed E-state index contributed by atoms with van der Waals surface area (Å²) in [5, 5.41) is 22.9. The third-order valence-electron chi connectivity index (χ3n) is 6.16. The highest BCUT2D eigenvalue weighted by atomic mass is 32.2. The summed E-state index contributed by atoms with van der Waals surface area (Å²) < 4.78 is 16.0. The standard InChI is InChI=1S/C24H18FN7O2S/c1-13-6-14(9-27)16(7-17(13)25)20-8-18-22(35-20)23(33)32(24(34)31(18)5-3-4-26)19-12-28-10-15-11-29-30(2)21(15)19/h6-8,10-12,18,22H,3,5H2,1-2H3. The van der Waals surface area contributed by atoms with Gasteiger partial charge >= 0.3 is 6.03 Å². The van der Waals surface area contributed by atoms with Crippen molar-refractivity contribution in [3.63, 3.8) is 0 Å². The highest BCUT2D eigenvalue weighted by Gasteiger charge is 2.50.